The van der Waals surface area contributed by atoms with Crippen molar-refractivity contribution in [2.45, 2.75) is 56.6 Å². The Morgan fingerprint density at radius 2 is 1.92 bits per heavy atom. The Balaban J connectivity index is 1.60. The van der Waals surface area contributed by atoms with Gasteiger partial charge in [-0.2, -0.15) is 5.10 Å². The second-order valence-corrected chi connectivity index (χ2v) is 8.03. The number of aryl methyl sites for hydroxylation is 2. The Morgan fingerprint density at radius 1 is 1.20 bits per heavy atom. The summed E-state index contributed by atoms with van der Waals surface area (Å²) in [6, 6.07) is -0.0919. The molecule has 0 amide bonds. The van der Waals surface area contributed by atoms with Gasteiger partial charge >= 0.3 is 0 Å². The lowest BCUT2D eigenvalue weighted by molar-refractivity contribution is 0.138. The van der Waals surface area contributed by atoms with Crippen LogP contribution in [0.4, 0.5) is 0 Å². The number of nitrogens with zero attached hydrogens (tertiary/aromatic N) is 4. The third-order valence-electron chi connectivity index (χ3n) is 4.53. The minimum Gasteiger partial charge on any atom is -0.473 e. The van der Waals surface area contributed by atoms with Crippen LogP contribution in [0.1, 0.15) is 37.1 Å². The minimum absolute atomic E-state index is 0.0410. The molecule has 136 valence electrons. The first-order chi connectivity index (χ1) is 11.9. The molecule has 0 spiro atoms. The lowest BCUT2D eigenvalue weighted by atomic mass is 9.94. The Kier molecular flexibility index (Phi) is 5.05. The summed E-state index contributed by atoms with van der Waals surface area (Å²) in [5.41, 5.74) is 1.16. The molecule has 0 saturated heterocycles. The van der Waals surface area contributed by atoms with Gasteiger partial charge in [0.25, 0.3) is 0 Å². The van der Waals surface area contributed by atoms with Gasteiger partial charge in [0, 0.05) is 25.5 Å². The van der Waals surface area contributed by atoms with E-state index >= 15 is 0 Å². The first-order valence-electron chi connectivity index (χ1n) is 8.32. The van der Waals surface area contributed by atoms with Crippen molar-refractivity contribution in [3.05, 3.63) is 30.0 Å². The molecule has 25 heavy (non-hydrogen) atoms. The smallest absolute Gasteiger partial charge is 0.244 e. The maximum Gasteiger partial charge on any atom is 0.244 e. The van der Waals surface area contributed by atoms with Crippen LogP contribution in [0.2, 0.25) is 0 Å². The van der Waals surface area contributed by atoms with Gasteiger partial charge in [-0.3, -0.25) is 9.67 Å². The van der Waals surface area contributed by atoms with Gasteiger partial charge < -0.3 is 4.74 Å². The van der Waals surface area contributed by atoms with E-state index in [-0.39, 0.29) is 17.0 Å². The average Bonchev–Trinajstić information content (AvgIpc) is 2.83. The summed E-state index contributed by atoms with van der Waals surface area (Å²) in [4.78, 5) is 8.37. The zero-order valence-electron chi connectivity index (χ0n) is 14.6. The number of sulfonamides is 1. The molecule has 0 bridgehead atoms. The highest BCUT2D eigenvalue weighted by atomic mass is 32.2. The summed E-state index contributed by atoms with van der Waals surface area (Å²) in [6.07, 6.45) is 7.81. The van der Waals surface area contributed by atoms with Gasteiger partial charge in [0.2, 0.25) is 15.9 Å². The second-order valence-electron chi connectivity index (χ2n) is 6.38. The highest BCUT2D eigenvalue weighted by Crippen LogP contribution is 2.25. The van der Waals surface area contributed by atoms with E-state index in [9.17, 15) is 8.42 Å². The first-order valence-corrected chi connectivity index (χ1v) is 9.80. The van der Waals surface area contributed by atoms with Gasteiger partial charge in [0.1, 0.15) is 11.0 Å². The molecule has 1 saturated carbocycles. The van der Waals surface area contributed by atoms with Crippen LogP contribution in [0.15, 0.2) is 23.5 Å². The van der Waals surface area contributed by atoms with Gasteiger partial charge in [0.15, 0.2) is 0 Å². The van der Waals surface area contributed by atoms with Crippen LogP contribution in [-0.4, -0.2) is 40.3 Å². The van der Waals surface area contributed by atoms with E-state index in [1.54, 1.807) is 44.2 Å². The standard InChI is InChI=1S/C16H23N5O3S/c1-11-16(12(2)21(3)19-11)25(22,23)20-13-4-6-14(7-5-13)24-15-10-17-8-9-18-15/h8-10,13-14,20H,4-7H2,1-3H3. The first kappa shape index (κ1) is 17.8. The molecule has 0 radical (unpaired) electrons. The monoisotopic (exact) mass is 365 g/mol. The molecule has 1 aliphatic carbocycles. The summed E-state index contributed by atoms with van der Waals surface area (Å²) >= 11 is 0. The van der Waals surface area contributed by atoms with Crippen LogP contribution in [0.25, 0.3) is 0 Å². The van der Waals surface area contributed by atoms with Crippen molar-refractivity contribution < 1.29 is 13.2 Å². The molecule has 2 heterocycles. The van der Waals surface area contributed by atoms with Gasteiger partial charge in [-0.15, -0.1) is 0 Å². The SMILES string of the molecule is Cc1nn(C)c(C)c1S(=O)(=O)NC1CCC(Oc2cnccn2)CC1. The van der Waals surface area contributed by atoms with E-state index in [4.69, 9.17) is 4.74 Å². The third kappa shape index (κ3) is 3.98. The minimum atomic E-state index is -3.57. The molecule has 1 N–H and O–H groups in total. The number of hydrogen-bond donors (Lipinski definition) is 1. The van der Waals surface area contributed by atoms with Crippen molar-refractivity contribution in [2.75, 3.05) is 0 Å². The molecule has 0 unspecified atom stereocenters. The van der Waals surface area contributed by atoms with Crippen LogP contribution in [0.5, 0.6) is 5.88 Å². The number of rotatable bonds is 5. The van der Waals surface area contributed by atoms with E-state index in [1.165, 1.54) is 0 Å². The third-order valence-corrected chi connectivity index (χ3v) is 6.31. The van der Waals surface area contributed by atoms with Gasteiger partial charge in [-0.05, 0) is 39.5 Å². The quantitative estimate of drug-likeness (QED) is 0.862. The van der Waals surface area contributed by atoms with Crippen molar-refractivity contribution in [3.8, 4) is 5.88 Å². The molecule has 0 aromatic carbocycles. The van der Waals surface area contributed by atoms with Gasteiger partial charge in [-0.25, -0.2) is 18.1 Å². The van der Waals surface area contributed by atoms with Gasteiger partial charge in [-0.1, -0.05) is 0 Å². The molecule has 1 aliphatic rings. The average molecular weight is 365 g/mol. The van der Waals surface area contributed by atoms with Crippen LogP contribution >= 0.6 is 0 Å². The number of nitrogens with one attached hydrogen (secondary N) is 1. The van der Waals surface area contributed by atoms with Gasteiger partial charge in [0.05, 0.1) is 17.6 Å². The summed E-state index contributed by atoms with van der Waals surface area (Å²) in [7, 11) is -1.83. The lowest BCUT2D eigenvalue weighted by Gasteiger charge is -2.28. The predicted molar refractivity (Wildman–Crippen MR) is 91.7 cm³/mol. The number of aromatic nitrogens is 4. The number of hydrogen-bond acceptors (Lipinski definition) is 6. The fourth-order valence-electron chi connectivity index (χ4n) is 3.24. The summed E-state index contributed by atoms with van der Waals surface area (Å²) in [5.74, 6) is 0.508. The molecule has 8 nitrogen and oxygen atoms in total. The van der Waals surface area contributed by atoms with Crippen LogP contribution in [-0.2, 0) is 17.1 Å². The van der Waals surface area contributed by atoms with E-state index < -0.39 is 10.0 Å². The van der Waals surface area contributed by atoms with Crippen molar-refractivity contribution >= 4 is 10.0 Å². The molecule has 3 rings (SSSR count). The molecule has 0 atom stereocenters. The second kappa shape index (κ2) is 7.09. The molecular formula is C16H23N5O3S. The molecule has 2 aromatic heterocycles. The highest BCUT2D eigenvalue weighted by Gasteiger charge is 2.30. The zero-order chi connectivity index (χ0) is 18.0. The summed E-state index contributed by atoms with van der Waals surface area (Å²) in [6.45, 7) is 3.48. The molecular weight excluding hydrogens is 342 g/mol. The van der Waals surface area contributed by atoms with Crippen molar-refractivity contribution in [1.29, 1.82) is 0 Å². The van der Waals surface area contributed by atoms with E-state index in [2.05, 4.69) is 19.8 Å². The fraction of sp³-hybridized carbons (Fsp3) is 0.562. The highest BCUT2D eigenvalue weighted by molar-refractivity contribution is 7.89. The summed E-state index contributed by atoms with van der Waals surface area (Å²) in [5, 5.41) is 4.19. The van der Waals surface area contributed by atoms with Crippen molar-refractivity contribution in [1.82, 2.24) is 24.5 Å². The fourth-order valence-corrected chi connectivity index (χ4v) is 4.98. The molecule has 2 aromatic rings. The number of ether oxygens (including phenoxy) is 1. The maximum absolute atomic E-state index is 12.7. The van der Waals surface area contributed by atoms with E-state index in [0.29, 0.717) is 17.3 Å². The Labute approximate surface area is 147 Å². The Morgan fingerprint density at radius 3 is 2.48 bits per heavy atom. The maximum atomic E-state index is 12.7. The van der Waals surface area contributed by atoms with E-state index in [1.807, 2.05) is 0 Å². The normalized spacial score (nSPS) is 21.2. The Hall–Kier alpha value is -2.00. The Bertz CT molecular complexity index is 827. The van der Waals surface area contributed by atoms with Crippen molar-refractivity contribution in [3.63, 3.8) is 0 Å². The lowest BCUT2D eigenvalue weighted by Crippen LogP contribution is -2.40. The van der Waals surface area contributed by atoms with Crippen LogP contribution in [0, 0.1) is 13.8 Å². The predicted octanol–water partition coefficient (Wildman–Crippen LogP) is 1.50. The topological polar surface area (TPSA) is 99.0 Å². The largest absolute Gasteiger partial charge is 0.473 e. The van der Waals surface area contributed by atoms with Crippen molar-refractivity contribution in [2.24, 2.45) is 7.05 Å². The van der Waals surface area contributed by atoms with Crippen LogP contribution in [0.3, 0.4) is 0 Å². The molecule has 1 fully saturated rings. The van der Waals surface area contributed by atoms with E-state index in [0.717, 1.165) is 25.7 Å². The van der Waals surface area contributed by atoms with Crippen LogP contribution < -0.4 is 9.46 Å². The summed E-state index contributed by atoms with van der Waals surface area (Å²) < 4.78 is 35.6. The zero-order valence-corrected chi connectivity index (χ0v) is 15.5. The molecule has 9 heteroatoms. The molecule has 0 aliphatic heterocycles.